The number of benzene rings is 4. The van der Waals surface area contributed by atoms with E-state index in [2.05, 4.69) is 54.6 Å². The summed E-state index contributed by atoms with van der Waals surface area (Å²) in [5, 5.41) is 9.12. The predicted octanol–water partition coefficient (Wildman–Crippen LogP) is 6.42. The number of ether oxygens (including phenoxy) is 1. The maximum atomic E-state index is 11.1. The summed E-state index contributed by atoms with van der Waals surface area (Å²) in [6.07, 6.45) is 0.946. The van der Waals surface area contributed by atoms with Gasteiger partial charge in [-0.2, -0.15) is 0 Å². The maximum Gasteiger partial charge on any atom is 0.335 e. The van der Waals surface area contributed by atoms with E-state index >= 15 is 0 Å². The average molecular weight is 378 g/mol. The second kappa shape index (κ2) is 6.95. The van der Waals surface area contributed by atoms with Gasteiger partial charge in [0.15, 0.2) is 0 Å². The molecule has 0 aromatic heterocycles. The van der Waals surface area contributed by atoms with Gasteiger partial charge in [0.2, 0.25) is 0 Å². The van der Waals surface area contributed by atoms with Crippen molar-refractivity contribution in [3.05, 3.63) is 108 Å². The van der Waals surface area contributed by atoms with Crippen LogP contribution in [0.25, 0.3) is 22.3 Å². The predicted molar refractivity (Wildman–Crippen MR) is 114 cm³/mol. The summed E-state index contributed by atoms with van der Waals surface area (Å²) >= 11 is 0. The van der Waals surface area contributed by atoms with E-state index in [1.165, 1.54) is 33.9 Å². The number of carboxylic acids is 1. The highest BCUT2D eigenvalue weighted by molar-refractivity contribution is 5.88. The average Bonchev–Trinajstić information content (AvgIpc) is 3.13. The molecule has 1 N–H and O–H groups in total. The number of hydrogen-bond donors (Lipinski definition) is 1. The molecule has 0 bridgehead atoms. The van der Waals surface area contributed by atoms with Crippen LogP contribution in [0.1, 0.15) is 21.5 Å². The molecule has 0 aliphatic heterocycles. The van der Waals surface area contributed by atoms with Crippen LogP contribution in [0.5, 0.6) is 11.5 Å². The molecule has 5 rings (SSSR count). The van der Waals surface area contributed by atoms with Crippen molar-refractivity contribution >= 4 is 5.97 Å². The molecule has 0 heterocycles. The second-order valence-corrected chi connectivity index (χ2v) is 7.13. The van der Waals surface area contributed by atoms with E-state index in [9.17, 15) is 4.79 Å². The molecule has 29 heavy (non-hydrogen) atoms. The molecule has 3 nitrogen and oxygen atoms in total. The lowest BCUT2D eigenvalue weighted by molar-refractivity contribution is 0.0696. The van der Waals surface area contributed by atoms with Gasteiger partial charge in [-0.1, -0.05) is 60.7 Å². The maximum absolute atomic E-state index is 11.1. The fraction of sp³-hybridized carbons (Fsp3) is 0.0385. The van der Waals surface area contributed by atoms with Crippen LogP contribution in [0.2, 0.25) is 0 Å². The summed E-state index contributed by atoms with van der Waals surface area (Å²) in [5.41, 5.74) is 7.94. The molecule has 140 valence electrons. The Morgan fingerprint density at radius 1 is 0.724 bits per heavy atom. The molecule has 3 heteroatoms. The van der Waals surface area contributed by atoms with Gasteiger partial charge in [-0.3, -0.25) is 0 Å². The number of carboxylic acid groups (broad SMARTS) is 1. The van der Waals surface area contributed by atoms with Crippen LogP contribution in [-0.4, -0.2) is 11.1 Å². The van der Waals surface area contributed by atoms with Gasteiger partial charge in [0.05, 0.1) is 5.56 Å². The van der Waals surface area contributed by atoms with Crippen molar-refractivity contribution in [3.8, 4) is 33.8 Å². The molecule has 0 unspecified atom stereocenters. The largest absolute Gasteiger partial charge is 0.478 e. The van der Waals surface area contributed by atoms with Gasteiger partial charge in [0.25, 0.3) is 0 Å². The standard InChI is InChI=1S/C26H18O3/c27-26(28)19-6-3-7-21(15-19)29-20-13-11-17(12-14-20)22-9-4-10-24-23-8-2-1-5-18(23)16-25(22)24/h1-15H,16H2,(H,27,28). The monoisotopic (exact) mass is 378 g/mol. The van der Waals surface area contributed by atoms with Crippen LogP contribution in [0.15, 0.2) is 91.0 Å². The zero-order chi connectivity index (χ0) is 19.8. The Bertz CT molecular complexity index is 1220. The zero-order valence-corrected chi connectivity index (χ0v) is 15.6. The van der Waals surface area contributed by atoms with Crippen molar-refractivity contribution in [1.82, 2.24) is 0 Å². The lowest BCUT2D eigenvalue weighted by Gasteiger charge is -2.11. The van der Waals surface area contributed by atoms with Gasteiger partial charge >= 0.3 is 5.97 Å². The van der Waals surface area contributed by atoms with Gasteiger partial charge in [-0.15, -0.1) is 0 Å². The van der Waals surface area contributed by atoms with Crippen molar-refractivity contribution in [3.63, 3.8) is 0 Å². The minimum Gasteiger partial charge on any atom is -0.478 e. The Kier molecular flexibility index (Phi) is 4.14. The molecule has 0 atom stereocenters. The minimum atomic E-state index is -0.968. The number of fused-ring (bicyclic) bond motifs is 3. The summed E-state index contributed by atoms with van der Waals surface area (Å²) < 4.78 is 5.84. The summed E-state index contributed by atoms with van der Waals surface area (Å²) in [5.74, 6) is 0.214. The normalized spacial score (nSPS) is 11.6. The third-order valence-electron chi connectivity index (χ3n) is 5.33. The highest BCUT2D eigenvalue weighted by atomic mass is 16.5. The van der Waals surface area contributed by atoms with Gasteiger partial charge in [0, 0.05) is 0 Å². The van der Waals surface area contributed by atoms with Gasteiger partial charge in [-0.25, -0.2) is 4.79 Å². The summed E-state index contributed by atoms with van der Waals surface area (Å²) in [6.45, 7) is 0. The van der Waals surface area contributed by atoms with Gasteiger partial charge < -0.3 is 9.84 Å². The third kappa shape index (κ3) is 3.17. The van der Waals surface area contributed by atoms with Crippen LogP contribution >= 0.6 is 0 Å². The highest BCUT2D eigenvalue weighted by Gasteiger charge is 2.20. The van der Waals surface area contributed by atoms with E-state index in [1.54, 1.807) is 18.2 Å². The SMILES string of the molecule is O=C(O)c1cccc(Oc2ccc(-c3cccc4c3Cc3ccccc3-4)cc2)c1. The lowest BCUT2D eigenvalue weighted by Crippen LogP contribution is -1.96. The first-order valence-corrected chi connectivity index (χ1v) is 9.51. The minimum absolute atomic E-state index is 0.207. The third-order valence-corrected chi connectivity index (χ3v) is 5.33. The molecule has 1 aliphatic carbocycles. The molecule has 4 aromatic rings. The first-order valence-electron chi connectivity index (χ1n) is 9.51. The second-order valence-electron chi connectivity index (χ2n) is 7.13. The number of rotatable bonds is 4. The molecule has 4 aromatic carbocycles. The van der Waals surface area contributed by atoms with Crippen LogP contribution in [0.4, 0.5) is 0 Å². The van der Waals surface area contributed by atoms with E-state index in [1.807, 2.05) is 12.1 Å². The molecular weight excluding hydrogens is 360 g/mol. The van der Waals surface area contributed by atoms with E-state index in [0.717, 1.165) is 12.0 Å². The molecular formula is C26H18O3. The number of carbonyl (C=O) groups is 1. The van der Waals surface area contributed by atoms with Crippen LogP contribution in [0, 0.1) is 0 Å². The molecule has 0 fully saturated rings. The van der Waals surface area contributed by atoms with E-state index in [4.69, 9.17) is 9.84 Å². The Balaban J connectivity index is 1.44. The lowest BCUT2D eigenvalue weighted by atomic mass is 9.96. The van der Waals surface area contributed by atoms with Gasteiger partial charge in [-0.05, 0) is 70.1 Å². The van der Waals surface area contributed by atoms with Gasteiger partial charge in [0.1, 0.15) is 11.5 Å². The smallest absolute Gasteiger partial charge is 0.335 e. The van der Waals surface area contributed by atoms with Crippen molar-refractivity contribution in [2.24, 2.45) is 0 Å². The van der Waals surface area contributed by atoms with Crippen LogP contribution in [-0.2, 0) is 6.42 Å². The van der Waals surface area contributed by atoms with Crippen molar-refractivity contribution < 1.29 is 14.6 Å². The first kappa shape index (κ1) is 17.3. The quantitative estimate of drug-likeness (QED) is 0.393. The Morgan fingerprint density at radius 3 is 2.28 bits per heavy atom. The van der Waals surface area contributed by atoms with Crippen LogP contribution < -0.4 is 4.74 Å². The van der Waals surface area contributed by atoms with E-state index < -0.39 is 5.97 Å². The van der Waals surface area contributed by atoms with Crippen molar-refractivity contribution in [2.45, 2.75) is 6.42 Å². The summed E-state index contributed by atoms with van der Waals surface area (Å²) in [6, 6.07) is 29.5. The molecule has 0 amide bonds. The highest BCUT2D eigenvalue weighted by Crippen LogP contribution is 2.41. The fourth-order valence-electron chi connectivity index (χ4n) is 3.96. The Morgan fingerprint density at radius 2 is 1.45 bits per heavy atom. The Labute approximate surface area is 168 Å². The Hall–Kier alpha value is -3.85. The number of hydrogen-bond acceptors (Lipinski definition) is 2. The van der Waals surface area contributed by atoms with E-state index in [-0.39, 0.29) is 5.56 Å². The fourth-order valence-corrected chi connectivity index (χ4v) is 3.96. The summed E-state index contributed by atoms with van der Waals surface area (Å²) in [7, 11) is 0. The molecule has 0 radical (unpaired) electrons. The first-order chi connectivity index (χ1) is 14.2. The topological polar surface area (TPSA) is 46.5 Å². The molecule has 0 saturated heterocycles. The number of aromatic carboxylic acids is 1. The molecule has 0 spiro atoms. The van der Waals surface area contributed by atoms with Crippen molar-refractivity contribution in [1.29, 1.82) is 0 Å². The molecule has 1 aliphatic rings. The van der Waals surface area contributed by atoms with Crippen LogP contribution in [0.3, 0.4) is 0 Å². The summed E-state index contributed by atoms with van der Waals surface area (Å²) in [4.78, 5) is 11.1. The van der Waals surface area contributed by atoms with E-state index in [0.29, 0.717) is 11.5 Å². The molecule has 0 saturated carbocycles. The zero-order valence-electron chi connectivity index (χ0n) is 15.6. The van der Waals surface area contributed by atoms with Crippen molar-refractivity contribution in [2.75, 3.05) is 0 Å².